The highest BCUT2D eigenvalue weighted by molar-refractivity contribution is 5.51. The number of rotatable bonds is 1. The Labute approximate surface area is 86.1 Å². The molecule has 1 nitrogen and oxygen atoms in total. The van der Waals surface area contributed by atoms with E-state index in [1.165, 1.54) is 23.2 Å². The summed E-state index contributed by atoms with van der Waals surface area (Å²) >= 11 is 0. The predicted octanol–water partition coefficient (Wildman–Crippen LogP) is 3.07. The summed E-state index contributed by atoms with van der Waals surface area (Å²) < 4.78 is 0. The number of aryl methyl sites for hydroxylation is 2. The van der Waals surface area contributed by atoms with Crippen LogP contribution in [0.2, 0.25) is 0 Å². The van der Waals surface area contributed by atoms with Crippen LogP contribution in [0.4, 0.5) is 5.69 Å². The summed E-state index contributed by atoms with van der Waals surface area (Å²) in [6.45, 7) is 6.55. The van der Waals surface area contributed by atoms with E-state index in [2.05, 4.69) is 49.1 Å². The van der Waals surface area contributed by atoms with Crippen molar-refractivity contribution in [2.75, 3.05) is 18.0 Å². The third-order valence-electron chi connectivity index (χ3n) is 2.91. The van der Waals surface area contributed by atoms with Crippen LogP contribution in [0.3, 0.4) is 0 Å². The van der Waals surface area contributed by atoms with Gasteiger partial charge in [-0.1, -0.05) is 18.2 Å². The summed E-state index contributed by atoms with van der Waals surface area (Å²) in [6.07, 6.45) is 5.68. The van der Waals surface area contributed by atoms with Gasteiger partial charge in [0, 0.05) is 18.8 Å². The first kappa shape index (κ1) is 9.32. The molecule has 0 spiro atoms. The van der Waals surface area contributed by atoms with E-state index in [1.807, 2.05) is 0 Å². The van der Waals surface area contributed by atoms with E-state index in [9.17, 15) is 0 Å². The maximum atomic E-state index is 2.42. The van der Waals surface area contributed by atoms with Gasteiger partial charge in [0.25, 0.3) is 0 Å². The molecule has 0 fully saturated rings. The van der Waals surface area contributed by atoms with Gasteiger partial charge in [-0.15, -0.1) is 0 Å². The van der Waals surface area contributed by atoms with Gasteiger partial charge in [-0.3, -0.25) is 0 Å². The van der Waals surface area contributed by atoms with Gasteiger partial charge in [0.1, 0.15) is 0 Å². The molecule has 14 heavy (non-hydrogen) atoms. The van der Waals surface area contributed by atoms with Crippen LogP contribution in [0, 0.1) is 13.8 Å². The van der Waals surface area contributed by atoms with Gasteiger partial charge in [0.15, 0.2) is 0 Å². The second-order valence-corrected chi connectivity index (χ2v) is 3.97. The molecule has 1 aromatic rings. The van der Waals surface area contributed by atoms with Crippen LogP contribution < -0.4 is 4.90 Å². The monoisotopic (exact) mass is 187 g/mol. The first-order valence-electron chi connectivity index (χ1n) is 5.24. The van der Waals surface area contributed by atoms with E-state index in [0.29, 0.717) is 0 Å². The average molecular weight is 187 g/mol. The van der Waals surface area contributed by atoms with Crippen molar-refractivity contribution >= 4 is 5.69 Å². The number of benzene rings is 1. The maximum Gasteiger partial charge on any atom is 0.0371 e. The molecule has 0 amide bonds. The van der Waals surface area contributed by atoms with Crippen molar-refractivity contribution < 1.29 is 0 Å². The SMILES string of the molecule is Cc1ccc(N2CC=CCC2)cc1C. The van der Waals surface area contributed by atoms with E-state index in [1.54, 1.807) is 0 Å². The van der Waals surface area contributed by atoms with Crippen molar-refractivity contribution in [1.29, 1.82) is 0 Å². The topological polar surface area (TPSA) is 3.24 Å². The van der Waals surface area contributed by atoms with E-state index < -0.39 is 0 Å². The average Bonchev–Trinajstić information content (AvgIpc) is 2.23. The van der Waals surface area contributed by atoms with E-state index in [-0.39, 0.29) is 0 Å². The highest BCUT2D eigenvalue weighted by atomic mass is 15.1. The molecule has 0 N–H and O–H groups in total. The Kier molecular flexibility index (Phi) is 2.58. The van der Waals surface area contributed by atoms with Crippen molar-refractivity contribution in [3.05, 3.63) is 41.5 Å². The van der Waals surface area contributed by atoms with Gasteiger partial charge >= 0.3 is 0 Å². The molecule has 0 aliphatic carbocycles. The molecular formula is C13H17N. The molecule has 1 aliphatic rings. The quantitative estimate of drug-likeness (QED) is 0.611. The Morgan fingerprint density at radius 2 is 1.93 bits per heavy atom. The standard InChI is InChI=1S/C13H17N/c1-11-6-7-13(10-12(11)2)14-8-4-3-5-9-14/h3-4,6-7,10H,5,8-9H2,1-2H3. The summed E-state index contributed by atoms with van der Waals surface area (Å²) in [5, 5.41) is 0. The number of anilines is 1. The van der Waals surface area contributed by atoms with Gasteiger partial charge in [-0.05, 0) is 43.5 Å². The normalized spacial score (nSPS) is 16.0. The summed E-state index contributed by atoms with van der Waals surface area (Å²) in [7, 11) is 0. The van der Waals surface area contributed by atoms with E-state index >= 15 is 0 Å². The van der Waals surface area contributed by atoms with Crippen molar-refractivity contribution in [3.8, 4) is 0 Å². The van der Waals surface area contributed by atoms with Crippen molar-refractivity contribution in [2.24, 2.45) is 0 Å². The fourth-order valence-electron chi connectivity index (χ4n) is 1.80. The number of hydrogen-bond donors (Lipinski definition) is 0. The van der Waals surface area contributed by atoms with Crippen molar-refractivity contribution in [2.45, 2.75) is 20.3 Å². The minimum Gasteiger partial charge on any atom is -0.367 e. The molecule has 0 atom stereocenters. The highest BCUT2D eigenvalue weighted by Crippen LogP contribution is 2.20. The van der Waals surface area contributed by atoms with Crippen molar-refractivity contribution in [1.82, 2.24) is 0 Å². The lowest BCUT2D eigenvalue weighted by Crippen LogP contribution is -2.26. The predicted molar refractivity (Wildman–Crippen MR) is 61.9 cm³/mol. The first-order valence-corrected chi connectivity index (χ1v) is 5.24. The molecule has 2 rings (SSSR count). The molecular weight excluding hydrogens is 170 g/mol. The second-order valence-electron chi connectivity index (χ2n) is 3.97. The van der Waals surface area contributed by atoms with Crippen LogP contribution in [-0.2, 0) is 0 Å². The fourth-order valence-corrected chi connectivity index (χ4v) is 1.80. The molecule has 0 saturated heterocycles. The largest absolute Gasteiger partial charge is 0.367 e. The minimum atomic E-state index is 1.06. The number of hydrogen-bond acceptors (Lipinski definition) is 1. The Bertz CT molecular complexity index is 352. The second kappa shape index (κ2) is 3.87. The van der Waals surface area contributed by atoms with Crippen LogP contribution in [0.1, 0.15) is 17.5 Å². The van der Waals surface area contributed by atoms with Gasteiger partial charge in [0.2, 0.25) is 0 Å². The third kappa shape index (κ3) is 1.82. The smallest absolute Gasteiger partial charge is 0.0371 e. The zero-order valence-corrected chi connectivity index (χ0v) is 8.96. The molecule has 0 saturated carbocycles. The fraction of sp³-hybridized carbons (Fsp3) is 0.385. The molecule has 0 unspecified atom stereocenters. The molecule has 0 radical (unpaired) electrons. The van der Waals surface area contributed by atoms with E-state index in [4.69, 9.17) is 0 Å². The van der Waals surface area contributed by atoms with Crippen LogP contribution in [0.5, 0.6) is 0 Å². The maximum absolute atomic E-state index is 2.42. The Balaban J connectivity index is 2.23. The lowest BCUT2D eigenvalue weighted by Gasteiger charge is -2.26. The lowest BCUT2D eigenvalue weighted by atomic mass is 10.1. The molecule has 0 bridgehead atoms. The Morgan fingerprint density at radius 3 is 2.57 bits per heavy atom. The Hall–Kier alpha value is -1.24. The third-order valence-corrected chi connectivity index (χ3v) is 2.91. The zero-order valence-electron chi connectivity index (χ0n) is 8.96. The first-order chi connectivity index (χ1) is 6.77. The van der Waals surface area contributed by atoms with Crippen LogP contribution >= 0.6 is 0 Å². The summed E-state index contributed by atoms with van der Waals surface area (Å²) in [5.41, 5.74) is 4.12. The van der Waals surface area contributed by atoms with Gasteiger partial charge in [-0.25, -0.2) is 0 Å². The number of nitrogens with zero attached hydrogens (tertiary/aromatic N) is 1. The van der Waals surface area contributed by atoms with Crippen LogP contribution in [0.25, 0.3) is 0 Å². The van der Waals surface area contributed by atoms with Crippen molar-refractivity contribution in [3.63, 3.8) is 0 Å². The summed E-state index contributed by atoms with van der Waals surface area (Å²) in [5.74, 6) is 0. The van der Waals surface area contributed by atoms with Crippen LogP contribution in [-0.4, -0.2) is 13.1 Å². The highest BCUT2D eigenvalue weighted by Gasteiger charge is 2.07. The molecule has 1 aliphatic heterocycles. The molecule has 1 heteroatoms. The summed E-state index contributed by atoms with van der Waals surface area (Å²) in [4.78, 5) is 2.42. The van der Waals surface area contributed by atoms with Gasteiger partial charge in [-0.2, -0.15) is 0 Å². The molecule has 1 aromatic carbocycles. The molecule has 1 heterocycles. The summed E-state index contributed by atoms with van der Waals surface area (Å²) in [6, 6.07) is 6.72. The minimum absolute atomic E-state index is 1.06. The van der Waals surface area contributed by atoms with Gasteiger partial charge in [0.05, 0.1) is 0 Å². The lowest BCUT2D eigenvalue weighted by molar-refractivity contribution is 0.820. The van der Waals surface area contributed by atoms with Gasteiger partial charge < -0.3 is 4.90 Å². The van der Waals surface area contributed by atoms with Crippen LogP contribution in [0.15, 0.2) is 30.4 Å². The van der Waals surface area contributed by atoms with E-state index in [0.717, 1.165) is 13.1 Å². The molecule has 0 aromatic heterocycles. The molecule has 74 valence electrons. The Morgan fingerprint density at radius 1 is 1.07 bits per heavy atom. The zero-order chi connectivity index (χ0) is 9.97.